The minimum atomic E-state index is -0.373. The Kier molecular flexibility index (Phi) is 4.47. The predicted molar refractivity (Wildman–Crippen MR) is 92.8 cm³/mol. The van der Waals surface area contributed by atoms with Gasteiger partial charge in [0.05, 0.1) is 7.11 Å². The van der Waals surface area contributed by atoms with E-state index in [4.69, 9.17) is 4.74 Å². The van der Waals surface area contributed by atoms with Crippen LogP contribution in [0.25, 0.3) is 10.8 Å². The van der Waals surface area contributed by atoms with Gasteiger partial charge in [-0.1, -0.05) is 24.3 Å². The summed E-state index contributed by atoms with van der Waals surface area (Å²) < 4.78 is 18.8. The highest BCUT2D eigenvalue weighted by atomic mass is 19.1. The van der Waals surface area contributed by atoms with Crippen molar-refractivity contribution in [2.75, 3.05) is 7.11 Å². The van der Waals surface area contributed by atoms with E-state index in [-0.39, 0.29) is 11.7 Å². The van der Waals surface area contributed by atoms with Crippen molar-refractivity contribution in [1.29, 1.82) is 0 Å². The fraction of sp³-hybridized carbons (Fsp3) is 0.150. The van der Waals surface area contributed by atoms with Crippen LogP contribution in [-0.2, 0) is 6.54 Å². The summed E-state index contributed by atoms with van der Waals surface area (Å²) in [6.07, 6.45) is 0. The highest BCUT2D eigenvalue weighted by Crippen LogP contribution is 2.22. The number of ether oxygens (including phenoxy) is 1. The van der Waals surface area contributed by atoms with Crippen LogP contribution in [0.4, 0.5) is 4.39 Å². The average molecular weight is 323 g/mol. The lowest BCUT2D eigenvalue weighted by Gasteiger charge is -2.08. The molecule has 4 heteroatoms. The topological polar surface area (TPSA) is 38.3 Å². The Morgan fingerprint density at radius 2 is 1.79 bits per heavy atom. The molecule has 0 aliphatic heterocycles. The van der Waals surface area contributed by atoms with Gasteiger partial charge >= 0.3 is 0 Å². The molecule has 1 amide bonds. The van der Waals surface area contributed by atoms with Crippen molar-refractivity contribution >= 4 is 16.7 Å². The first kappa shape index (κ1) is 16.0. The van der Waals surface area contributed by atoms with Crippen LogP contribution in [0.2, 0.25) is 0 Å². The van der Waals surface area contributed by atoms with Crippen molar-refractivity contribution in [3.8, 4) is 5.75 Å². The van der Waals surface area contributed by atoms with E-state index in [0.29, 0.717) is 17.7 Å². The maximum absolute atomic E-state index is 13.5. The third-order valence-electron chi connectivity index (χ3n) is 4.00. The molecule has 0 heterocycles. The lowest BCUT2D eigenvalue weighted by Crippen LogP contribution is -2.22. The van der Waals surface area contributed by atoms with Gasteiger partial charge in [-0.05, 0) is 59.2 Å². The first-order valence-electron chi connectivity index (χ1n) is 7.68. The Bertz CT molecular complexity index is 905. The van der Waals surface area contributed by atoms with Crippen LogP contribution in [0.15, 0.2) is 54.6 Å². The number of nitrogens with one attached hydrogen (secondary N) is 1. The van der Waals surface area contributed by atoms with Gasteiger partial charge in [-0.3, -0.25) is 4.79 Å². The van der Waals surface area contributed by atoms with Crippen LogP contribution in [0.1, 0.15) is 21.5 Å². The second-order valence-electron chi connectivity index (χ2n) is 5.69. The van der Waals surface area contributed by atoms with Gasteiger partial charge in [-0.15, -0.1) is 0 Å². The van der Waals surface area contributed by atoms with Crippen LogP contribution in [0, 0.1) is 12.7 Å². The molecule has 122 valence electrons. The number of halogens is 1. The highest BCUT2D eigenvalue weighted by molar-refractivity contribution is 5.94. The fourth-order valence-electron chi connectivity index (χ4n) is 2.53. The van der Waals surface area contributed by atoms with Crippen LogP contribution in [-0.4, -0.2) is 13.0 Å². The summed E-state index contributed by atoms with van der Waals surface area (Å²) in [5.41, 5.74) is 1.83. The molecule has 24 heavy (non-hydrogen) atoms. The van der Waals surface area contributed by atoms with Crippen LogP contribution < -0.4 is 10.1 Å². The molecule has 0 spiro atoms. The minimum Gasteiger partial charge on any atom is -0.497 e. The minimum absolute atomic E-state index is 0.288. The Morgan fingerprint density at radius 3 is 2.54 bits per heavy atom. The molecule has 3 aromatic carbocycles. The number of methoxy groups -OCH3 is 1. The summed E-state index contributed by atoms with van der Waals surface area (Å²) in [5, 5.41) is 4.97. The van der Waals surface area contributed by atoms with Crippen molar-refractivity contribution in [2.24, 2.45) is 0 Å². The molecule has 0 aromatic heterocycles. The molecule has 0 aliphatic rings. The number of carbonyl (C=O) groups excluding carboxylic acids is 1. The molecule has 0 radical (unpaired) electrons. The molecule has 0 saturated carbocycles. The number of hydrogen-bond acceptors (Lipinski definition) is 2. The zero-order valence-corrected chi connectivity index (χ0v) is 13.6. The number of amides is 1. The molecule has 0 unspecified atom stereocenters. The van der Waals surface area contributed by atoms with Gasteiger partial charge in [0.1, 0.15) is 11.6 Å². The molecule has 1 N–H and O–H groups in total. The maximum Gasteiger partial charge on any atom is 0.251 e. The van der Waals surface area contributed by atoms with Gasteiger partial charge in [0.15, 0.2) is 0 Å². The van der Waals surface area contributed by atoms with E-state index in [1.54, 1.807) is 26.2 Å². The van der Waals surface area contributed by atoms with E-state index < -0.39 is 0 Å². The summed E-state index contributed by atoms with van der Waals surface area (Å²) in [6, 6.07) is 16.3. The van der Waals surface area contributed by atoms with Crippen LogP contribution in [0.5, 0.6) is 5.75 Å². The molecule has 3 nitrogen and oxygen atoms in total. The molecule has 0 aliphatic carbocycles. The van der Waals surface area contributed by atoms with Gasteiger partial charge in [0, 0.05) is 12.1 Å². The normalized spacial score (nSPS) is 10.6. The number of benzene rings is 3. The summed E-state index contributed by atoms with van der Waals surface area (Å²) >= 11 is 0. The third-order valence-corrected chi connectivity index (χ3v) is 4.00. The maximum atomic E-state index is 13.5. The smallest absolute Gasteiger partial charge is 0.251 e. The van der Waals surface area contributed by atoms with Crippen molar-refractivity contribution < 1.29 is 13.9 Å². The third kappa shape index (κ3) is 3.38. The fourth-order valence-corrected chi connectivity index (χ4v) is 2.53. The number of carbonyl (C=O) groups is 1. The average Bonchev–Trinajstić information content (AvgIpc) is 2.61. The Morgan fingerprint density at radius 1 is 1.04 bits per heavy atom. The molecule has 3 aromatic rings. The second kappa shape index (κ2) is 6.71. The van der Waals surface area contributed by atoms with Crippen LogP contribution in [0.3, 0.4) is 0 Å². The van der Waals surface area contributed by atoms with Crippen molar-refractivity contribution in [1.82, 2.24) is 5.32 Å². The van der Waals surface area contributed by atoms with E-state index in [9.17, 15) is 9.18 Å². The summed E-state index contributed by atoms with van der Waals surface area (Å²) in [4.78, 5) is 12.1. The number of rotatable bonds is 4. The molecular weight excluding hydrogens is 305 g/mol. The first-order valence-corrected chi connectivity index (χ1v) is 7.68. The van der Waals surface area contributed by atoms with Gasteiger partial charge in [0.25, 0.3) is 5.91 Å². The van der Waals surface area contributed by atoms with Crippen molar-refractivity contribution in [3.05, 3.63) is 77.1 Å². The van der Waals surface area contributed by atoms with Gasteiger partial charge in [0.2, 0.25) is 0 Å². The SMILES string of the molecule is COc1ccc2cc(CNC(=O)c3ccc(C)c(F)c3)ccc2c1. The summed E-state index contributed by atoms with van der Waals surface area (Å²) in [6.45, 7) is 2.05. The molecule has 0 fully saturated rings. The molecular formula is C20H18FNO2. The Hall–Kier alpha value is -2.88. The lowest BCUT2D eigenvalue weighted by molar-refractivity contribution is 0.0950. The second-order valence-corrected chi connectivity index (χ2v) is 5.69. The largest absolute Gasteiger partial charge is 0.497 e. The molecule has 0 bridgehead atoms. The van der Waals surface area contributed by atoms with E-state index in [1.165, 1.54) is 6.07 Å². The van der Waals surface area contributed by atoms with E-state index >= 15 is 0 Å². The lowest BCUT2D eigenvalue weighted by atomic mass is 10.1. The zero-order chi connectivity index (χ0) is 17.1. The number of fused-ring (bicyclic) bond motifs is 1. The van der Waals surface area contributed by atoms with E-state index in [1.807, 2.05) is 36.4 Å². The summed E-state index contributed by atoms with van der Waals surface area (Å²) in [7, 11) is 1.64. The van der Waals surface area contributed by atoms with E-state index in [0.717, 1.165) is 22.1 Å². The Labute approximate surface area is 140 Å². The van der Waals surface area contributed by atoms with Gasteiger partial charge in [-0.2, -0.15) is 0 Å². The number of hydrogen-bond donors (Lipinski definition) is 1. The first-order chi connectivity index (χ1) is 11.6. The Balaban J connectivity index is 1.72. The van der Waals surface area contributed by atoms with Gasteiger partial charge < -0.3 is 10.1 Å². The van der Waals surface area contributed by atoms with E-state index in [2.05, 4.69) is 5.32 Å². The van der Waals surface area contributed by atoms with Crippen LogP contribution >= 0.6 is 0 Å². The number of aryl methyl sites for hydroxylation is 1. The highest BCUT2D eigenvalue weighted by Gasteiger charge is 2.08. The molecule has 0 saturated heterocycles. The van der Waals surface area contributed by atoms with Gasteiger partial charge in [-0.25, -0.2) is 4.39 Å². The van der Waals surface area contributed by atoms with Crippen molar-refractivity contribution in [2.45, 2.75) is 13.5 Å². The molecule has 3 rings (SSSR count). The van der Waals surface area contributed by atoms with Crippen molar-refractivity contribution in [3.63, 3.8) is 0 Å². The zero-order valence-electron chi connectivity index (χ0n) is 13.6. The summed E-state index contributed by atoms with van der Waals surface area (Å²) in [5.74, 6) is 0.149. The predicted octanol–water partition coefficient (Wildman–Crippen LogP) is 4.23. The quantitative estimate of drug-likeness (QED) is 0.780. The molecule has 0 atom stereocenters. The standard InChI is InChI=1S/C20H18FNO2/c1-13-3-5-17(11-19(13)21)20(23)22-12-14-4-6-16-10-18(24-2)8-7-15(16)9-14/h3-11H,12H2,1-2H3,(H,22,23). The monoisotopic (exact) mass is 323 g/mol.